The van der Waals surface area contributed by atoms with Gasteiger partial charge in [0.1, 0.15) is 5.52 Å². The Morgan fingerprint density at radius 1 is 1.16 bits per heavy atom. The first kappa shape index (κ1) is 15.1. The molecule has 9 heteroatoms. The lowest BCUT2D eigenvalue weighted by atomic mass is 10.3. The summed E-state index contributed by atoms with van der Waals surface area (Å²) in [6, 6.07) is 11.5. The predicted octanol–water partition coefficient (Wildman–Crippen LogP) is 2.21. The molecule has 4 aromatic rings. The number of rotatable bonds is 6. The molecule has 0 saturated carbocycles. The highest BCUT2D eigenvalue weighted by Gasteiger charge is 2.16. The normalized spacial score (nSPS) is 10.9. The van der Waals surface area contributed by atoms with Crippen LogP contribution >= 0.6 is 0 Å². The van der Waals surface area contributed by atoms with Gasteiger partial charge in [0.2, 0.25) is 12.3 Å². The van der Waals surface area contributed by atoms with Crippen molar-refractivity contribution in [2.45, 2.75) is 0 Å². The van der Waals surface area contributed by atoms with Crippen LogP contribution in [0, 0.1) is 0 Å². The summed E-state index contributed by atoms with van der Waals surface area (Å²) >= 11 is 0. The molecule has 0 bridgehead atoms. The molecule has 0 fully saturated rings. The van der Waals surface area contributed by atoms with Gasteiger partial charge in [-0.2, -0.15) is 9.97 Å². The van der Waals surface area contributed by atoms with Crippen LogP contribution in [-0.2, 0) is 0 Å². The number of fused-ring (bicyclic) bond motifs is 1. The van der Waals surface area contributed by atoms with Gasteiger partial charge in [-0.1, -0.05) is 18.2 Å². The summed E-state index contributed by atoms with van der Waals surface area (Å²) in [6.45, 7) is 0.332. The third-order valence-corrected chi connectivity index (χ3v) is 3.62. The Balaban J connectivity index is 1.80. The van der Waals surface area contributed by atoms with Crippen LogP contribution in [0.4, 0.5) is 23.4 Å². The number of aromatic amines is 1. The van der Waals surface area contributed by atoms with Crippen LogP contribution in [-0.4, -0.2) is 43.4 Å². The largest absolute Gasteiger partial charge is 0.395 e. The molecule has 0 aliphatic rings. The van der Waals surface area contributed by atoms with Crippen LogP contribution < -0.4 is 10.2 Å². The van der Waals surface area contributed by atoms with Crippen LogP contribution in [0.1, 0.15) is 0 Å². The summed E-state index contributed by atoms with van der Waals surface area (Å²) in [6.07, 6.45) is 3.02. The second-order valence-corrected chi connectivity index (χ2v) is 5.20. The molecule has 0 radical (unpaired) electrons. The number of aromatic nitrogens is 5. The van der Waals surface area contributed by atoms with E-state index in [0.29, 0.717) is 24.3 Å². The number of nitrogens with zero attached hydrogens (tertiary/aromatic N) is 5. The zero-order valence-corrected chi connectivity index (χ0v) is 13.1. The van der Waals surface area contributed by atoms with Gasteiger partial charge >= 0.3 is 0 Å². The first-order chi connectivity index (χ1) is 12.3. The van der Waals surface area contributed by atoms with E-state index in [9.17, 15) is 5.11 Å². The summed E-state index contributed by atoms with van der Waals surface area (Å²) in [5, 5.41) is 16.2. The molecule has 0 amide bonds. The Labute approximate surface area is 142 Å². The predicted molar refractivity (Wildman–Crippen MR) is 92.0 cm³/mol. The molecular formula is C16H15N7O2. The van der Waals surface area contributed by atoms with Crippen molar-refractivity contribution in [3.05, 3.63) is 49.0 Å². The number of anilines is 4. The number of hydrogen-bond donors (Lipinski definition) is 3. The number of nitrogens with one attached hydrogen (secondary N) is 2. The van der Waals surface area contributed by atoms with Crippen LogP contribution in [0.15, 0.2) is 53.5 Å². The zero-order valence-electron chi connectivity index (χ0n) is 13.1. The van der Waals surface area contributed by atoms with Crippen molar-refractivity contribution >= 4 is 34.4 Å². The van der Waals surface area contributed by atoms with Crippen LogP contribution in [0.2, 0.25) is 0 Å². The van der Waals surface area contributed by atoms with Gasteiger partial charge in [-0.05, 0) is 23.4 Å². The summed E-state index contributed by atoms with van der Waals surface area (Å²) in [7, 11) is 0. The number of para-hydroxylation sites is 1. The van der Waals surface area contributed by atoms with E-state index < -0.39 is 0 Å². The quantitative estimate of drug-likeness (QED) is 0.490. The first-order valence-electron chi connectivity index (χ1n) is 7.67. The van der Waals surface area contributed by atoms with E-state index in [-0.39, 0.29) is 6.61 Å². The van der Waals surface area contributed by atoms with E-state index in [0.717, 1.165) is 16.7 Å². The van der Waals surface area contributed by atoms with E-state index in [1.165, 1.54) is 6.39 Å². The number of benzene rings is 1. The standard InChI is InChI=1S/C16H15N7O2/c24-9-8-23(11-4-2-1-3-5-11)16-19-12-6-7-17-13(12)14(21-16)20-15-18-10-25-22-15/h1-7,10,17,24H,8-9H2,(H,19,20,21,22). The van der Waals surface area contributed by atoms with Gasteiger partial charge in [-0.3, -0.25) is 0 Å². The molecule has 0 atom stereocenters. The number of aliphatic hydroxyl groups excluding tert-OH is 1. The molecule has 3 aromatic heterocycles. The van der Waals surface area contributed by atoms with E-state index in [2.05, 4.69) is 30.4 Å². The monoisotopic (exact) mass is 337 g/mol. The molecule has 0 aliphatic heterocycles. The Bertz CT molecular complexity index is 953. The third-order valence-electron chi connectivity index (χ3n) is 3.62. The highest BCUT2D eigenvalue weighted by Crippen LogP contribution is 2.27. The van der Waals surface area contributed by atoms with Gasteiger partial charge in [0.15, 0.2) is 5.82 Å². The summed E-state index contributed by atoms with van der Waals surface area (Å²) in [5.74, 6) is 1.28. The Morgan fingerprint density at radius 3 is 2.80 bits per heavy atom. The molecular weight excluding hydrogens is 322 g/mol. The van der Waals surface area contributed by atoms with Crippen LogP contribution in [0.3, 0.4) is 0 Å². The molecule has 3 heterocycles. The highest BCUT2D eigenvalue weighted by molar-refractivity contribution is 5.88. The SMILES string of the molecule is OCCN(c1ccccc1)c1nc(Nc2ncon2)c2[nH]ccc2n1. The fourth-order valence-electron chi connectivity index (χ4n) is 2.53. The molecule has 25 heavy (non-hydrogen) atoms. The van der Waals surface area contributed by atoms with Gasteiger partial charge in [-0.25, -0.2) is 4.98 Å². The maximum atomic E-state index is 9.46. The number of H-pyrrole nitrogens is 1. The Kier molecular flexibility index (Phi) is 3.97. The molecule has 1 aromatic carbocycles. The average molecular weight is 337 g/mol. The first-order valence-corrected chi connectivity index (χ1v) is 7.67. The topological polar surface area (TPSA) is 116 Å². The molecule has 4 rings (SSSR count). The maximum absolute atomic E-state index is 9.46. The van der Waals surface area contributed by atoms with E-state index in [1.54, 1.807) is 6.20 Å². The van der Waals surface area contributed by atoms with Crippen molar-refractivity contribution in [3.8, 4) is 0 Å². The lowest BCUT2D eigenvalue weighted by Gasteiger charge is -2.22. The maximum Gasteiger partial charge on any atom is 0.268 e. The van der Waals surface area contributed by atoms with Crippen molar-refractivity contribution in [1.82, 2.24) is 25.1 Å². The van der Waals surface area contributed by atoms with Crippen molar-refractivity contribution in [2.75, 3.05) is 23.4 Å². The van der Waals surface area contributed by atoms with Crippen molar-refractivity contribution in [1.29, 1.82) is 0 Å². The van der Waals surface area contributed by atoms with Crippen molar-refractivity contribution < 1.29 is 9.63 Å². The minimum absolute atomic E-state index is 0.0307. The van der Waals surface area contributed by atoms with Gasteiger partial charge < -0.3 is 24.8 Å². The minimum Gasteiger partial charge on any atom is -0.395 e. The Morgan fingerprint density at radius 2 is 2.04 bits per heavy atom. The van der Waals surface area contributed by atoms with Gasteiger partial charge in [-0.15, -0.1) is 0 Å². The zero-order chi connectivity index (χ0) is 17.1. The lowest BCUT2D eigenvalue weighted by molar-refractivity contribution is 0.305. The summed E-state index contributed by atoms with van der Waals surface area (Å²) < 4.78 is 4.75. The summed E-state index contributed by atoms with van der Waals surface area (Å²) in [4.78, 5) is 18.1. The average Bonchev–Trinajstić information content (AvgIpc) is 3.32. The molecule has 0 aliphatic carbocycles. The second kappa shape index (κ2) is 6.57. The van der Waals surface area contributed by atoms with Gasteiger partial charge in [0, 0.05) is 18.4 Å². The third kappa shape index (κ3) is 3.00. The molecule has 0 spiro atoms. The lowest BCUT2D eigenvalue weighted by Crippen LogP contribution is -2.23. The van der Waals surface area contributed by atoms with Gasteiger partial charge in [0.25, 0.3) is 5.95 Å². The Hall–Kier alpha value is -3.46. The summed E-state index contributed by atoms with van der Waals surface area (Å²) in [5.41, 5.74) is 2.34. The highest BCUT2D eigenvalue weighted by atomic mass is 16.5. The van der Waals surface area contributed by atoms with Crippen LogP contribution in [0.5, 0.6) is 0 Å². The fraction of sp³-hybridized carbons (Fsp3) is 0.125. The van der Waals surface area contributed by atoms with Gasteiger partial charge in [0.05, 0.1) is 12.1 Å². The molecule has 9 nitrogen and oxygen atoms in total. The number of aliphatic hydroxyl groups is 1. The second-order valence-electron chi connectivity index (χ2n) is 5.20. The smallest absolute Gasteiger partial charge is 0.268 e. The van der Waals surface area contributed by atoms with Crippen molar-refractivity contribution in [3.63, 3.8) is 0 Å². The molecule has 0 unspecified atom stereocenters. The molecule has 126 valence electrons. The van der Waals surface area contributed by atoms with E-state index in [4.69, 9.17) is 4.52 Å². The van der Waals surface area contributed by atoms with E-state index in [1.807, 2.05) is 41.3 Å². The number of hydrogen-bond acceptors (Lipinski definition) is 8. The fourth-order valence-corrected chi connectivity index (χ4v) is 2.53. The van der Waals surface area contributed by atoms with E-state index >= 15 is 0 Å². The minimum atomic E-state index is -0.0307. The molecule has 3 N–H and O–H groups in total. The van der Waals surface area contributed by atoms with Crippen LogP contribution in [0.25, 0.3) is 11.0 Å². The molecule has 0 saturated heterocycles. The van der Waals surface area contributed by atoms with Crippen molar-refractivity contribution in [2.24, 2.45) is 0 Å².